The molecule has 0 aliphatic heterocycles. The summed E-state index contributed by atoms with van der Waals surface area (Å²) in [6.07, 6.45) is 6.42. The maximum atomic E-state index is 6.09. The van der Waals surface area contributed by atoms with Gasteiger partial charge in [-0.3, -0.25) is 0 Å². The predicted molar refractivity (Wildman–Crippen MR) is 127 cm³/mol. The van der Waals surface area contributed by atoms with Gasteiger partial charge in [-0.1, -0.05) is 77.8 Å². The van der Waals surface area contributed by atoms with Crippen LogP contribution in [0.2, 0.25) is 10.0 Å². The summed E-state index contributed by atoms with van der Waals surface area (Å²) in [5.74, 6) is 1.45. The standard InChI is InChI=1S/C23H30BrCl2NO2/c1-3-5-6-7-8-11-27-15-18-13-22(28-4-2)23(14-19(18)24)29-16-17-9-10-20(25)21(26)12-17/h9-10,12-14,27H,3-8,11,15-16H2,1-2H3. The van der Waals surface area contributed by atoms with E-state index in [0.29, 0.717) is 29.0 Å². The Morgan fingerprint density at radius 2 is 1.66 bits per heavy atom. The monoisotopic (exact) mass is 501 g/mol. The molecule has 0 spiro atoms. The predicted octanol–water partition coefficient (Wildman–Crippen LogP) is 7.79. The molecule has 0 saturated heterocycles. The molecule has 3 nitrogen and oxygen atoms in total. The maximum Gasteiger partial charge on any atom is 0.162 e. The number of unbranched alkanes of at least 4 members (excludes halogenated alkanes) is 4. The molecule has 2 aromatic rings. The molecule has 0 heterocycles. The molecule has 2 aromatic carbocycles. The first-order valence-electron chi connectivity index (χ1n) is 10.3. The van der Waals surface area contributed by atoms with Crippen LogP contribution in [0, 0.1) is 0 Å². The highest BCUT2D eigenvalue weighted by molar-refractivity contribution is 9.10. The van der Waals surface area contributed by atoms with Crippen molar-refractivity contribution >= 4 is 39.1 Å². The lowest BCUT2D eigenvalue weighted by Crippen LogP contribution is -2.15. The lowest BCUT2D eigenvalue weighted by atomic mass is 10.1. The van der Waals surface area contributed by atoms with E-state index in [4.69, 9.17) is 32.7 Å². The first kappa shape index (κ1) is 24.3. The third-order valence-corrected chi connectivity index (χ3v) is 6.04. The van der Waals surface area contributed by atoms with Gasteiger partial charge in [0.1, 0.15) is 6.61 Å². The number of nitrogens with one attached hydrogen (secondary N) is 1. The molecule has 0 bridgehead atoms. The number of benzene rings is 2. The molecule has 2 rings (SSSR count). The summed E-state index contributed by atoms with van der Waals surface area (Å²) in [5, 5.41) is 4.58. The summed E-state index contributed by atoms with van der Waals surface area (Å²) in [6, 6.07) is 9.52. The van der Waals surface area contributed by atoms with Crippen LogP contribution >= 0.6 is 39.1 Å². The van der Waals surface area contributed by atoms with E-state index in [1.165, 1.54) is 32.1 Å². The molecule has 6 heteroatoms. The molecule has 160 valence electrons. The molecular formula is C23H30BrCl2NO2. The van der Waals surface area contributed by atoms with Crippen molar-refractivity contribution in [3.63, 3.8) is 0 Å². The fourth-order valence-electron chi connectivity index (χ4n) is 2.96. The van der Waals surface area contributed by atoms with Gasteiger partial charge >= 0.3 is 0 Å². The van der Waals surface area contributed by atoms with Crippen LogP contribution in [0.1, 0.15) is 57.1 Å². The first-order chi connectivity index (χ1) is 14.0. The number of hydrogen-bond acceptors (Lipinski definition) is 3. The van der Waals surface area contributed by atoms with Gasteiger partial charge in [0.05, 0.1) is 16.7 Å². The van der Waals surface area contributed by atoms with Crippen molar-refractivity contribution in [1.82, 2.24) is 5.32 Å². The van der Waals surface area contributed by atoms with Crippen molar-refractivity contribution in [3.8, 4) is 11.5 Å². The quantitative estimate of drug-likeness (QED) is 0.283. The number of hydrogen-bond donors (Lipinski definition) is 1. The normalized spacial score (nSPS) is 10.9. The molecule has 0 radical (unpaired) electrons. The van der Waals surface area contributed by atoms with Crippen LogP contribution < -0.4 is 14.8 Å². The van der Waals surface area contributed by atoms with Crippen LogP contribution in [0.5, 0.6) is 11.5 Å². The lowest BCUT2D eigenvalue weighted by Gasteiger charge is -2.16. The molecule has 0 fully saturated rings. The minimum Gasteiger partial charge on any atom is -0.490 e. The van der Waals surface area contributed by atoms with Crippen LogP contribution in [-0.2, 0) is 13.2 Å². The second kappa shape index (κ2) is 13.4. The third-order valence-electron chi connectivity index (χ3n) is 4.56. The van der Waals surface area contributed by atoms with Gasteiger partial charge in [0.25, 0.3) is 0 Å². The molecule has 0 atom stereocenters. The van der Waals surface area contributed by atoms with Gasteiger partial charge in [-0.25, -0.2) is 0 Å². The van der Waals surface area contributed by atoms with Crippen molar-refractivity contribution in [2.45, 2.75) is 59.1 Å². The van der Waals surface area contributed by atoms with Crippen LogP contribution in [0.4, 0.5) is 0 Å². The SMILES string of the molecule is CCCCCCCNCc1cc(OCC)c(OCc2ccc(Cl)c(Cl)c2)cc1Br. The van der Waals surface area contributed by atoms with E-state index in [2.05, 4.69) is 28.2 Å². The van der Waals surface area contributed by atoms with Gasteiger partial charge in [0, 0.05) is 11.0 Å². The highest BCUT2D eigenvalue weighted by Crippen LogP contribution is 2.35. The van der Waals surface area contributed by atoms with E-state index < -0.39 is 0 Å². The van der Waals surface area contributed by atoms with Crippen LogP contribution in [0.3, 0.4) is 0 Å². The van der Waals surface area contributed by atoms with Crippen LogP contribution in [-0.4, -0.2) is 13.2 Å². The van der Waals surface area contributed by atoms with Gasteiger partial charge < -0.3 is 14.8 Å². The Kier molecular flexibility index (Phi) is 11.2. The van der Waals surface area contributed by atoms with Gasteiger partial charge in [-0.15, -0.1) is 0 Å². The summed E-state index contributed by atoms with van der Waals surface area (Å²) >= 11 is 15.7. The lowest BCUT2D eigenvalue weighted by molar-refractivity contribution is 0.269. The Labute approximate surface area is 193 Å². The molecule has 29 heavy (non-hydrogen) atoms. The fraction of sp³-hybridized carbons (Fsp3) is 0.478. The van der Waals surface area contributed by atoms with Crippen molar-refractivity contribution in [1.29, 1.82) is 0 Å². The molecule has 0 saturated carbocycles. The van der Waals surface area contributed by atoms with Gasteiger partial charge in [0.15, 0.2) is 11.5 Å². The largest absolute Gasteiger partial charge is 0.490 e. The van der Waals surface area contributed by atoms with Gasteiger partial charge in [-0.05, 0) is 55.3 Å². The number of ether oxygens (including phenoxy) is 2. The van der Waals surface area contributed by atoms with Crippen molar-refractivity contribution in [2.24, 2.45) is 0 Å². The Bertz CT molecular complexity index is 771. The molecule has 0 aliphatic rings. The molecule has 0 unspecified atom stereocenters. The second-order valence-corrected chi connectivity index (χ2v) is 8.62. The summed E-state index contributed by atoms with van der Waals surface area (Å²) in [7, 11) is 0. The van der Waals surface area contributed by atoms with Crippen molar-refractivity contribution in [2.75, 3.05) is 13.2 Å². The minimum atomic E-state index is 0.388. The van der Waals surface area contributed by atoms with E-state index in [1.807, 2.05) is 31.2 Å². The second-order valence-electron chi connectivity index (χ2n) is 6.95. The fourth-order valence-corrected chi connectivity index (χ4v) is 3.74. The molecule has 0 aliphatic carbocycles. The highest BCUT2D eigenvalue weighted by Gasteiger charge is 2.12. The molecular weight excluding hydrogens is 473 g/mol. The van der Waals surface area contributed by atoms with Crippen molar-refractivity contribution < 1.29 is 9.47 Å². The average molecular weight is 503 g/mol. The zero-order valence-corrected chi connectivity index (χ0v) is 20.3. The van der Waals surface area contributed by atoms with E-state index in [-0.39, 0.29) is 0 Å². The summed E-state index contributed by atoms with van der Waals surface area (Å²) < 4.78 is 12.8. The third kappa shape index (κ3) is 8.37. The Balaban J connectivity index is 1.96. The molecule has 0 amide bonds. The van der Waals surface area contributed by atoms with E-state index in [0.717, 1.165) is 34.4 Å². The maximum absolute atomic E-state index is 6.09. The summed E-state index contributed by atoms with van der Waals surface area (Å²) in [5.41, 5.74) is 2.11. The first-order valence-corrected chi connectivity index (χ1v) is 11.8. The summed E-state index contributed by atoms with van der Waals surface area (Å²) in [6.45, 7) is 6.99. The highest BCUT2D eigenvalue weighted by atomic mass is 79.9. The number of rotatable bonds is 13. The van der Waals surface area contributed by atoms with Gasteiger partial charge in [0.2, 0.25) is 0 Å². The Hall–Kier alpha value is -0.940. The van der Waals surface area contributed by atoms with Gasteiger partial charge in [-0.2, -0.15) is 0 Å². The Morgan fingerprint density at radius 3 is 2.38 bits per heavy atom. The smallest absolute Gasteiger partial charge is 0.162 e. The minimum absolute atomic E-state index is 0.388. The zero-order valence-electron chi connectivity index (χ0n) is 17.2. The van der Waals surface area contributed by atoms with E-state index >= 15 is 0 Å². The topological polar surface area (TPSA) is 30.5 Å². The number of halogens is 3. The van der Waals surface area contributed by atoms with Crippen LogP contribution in [0.15, 0.2) is 34.8 Å². The Morgan fingerprint density at radius 1 is 0.897 bits per heavy atom. The summed E-state index contributed by atoms with van der Waals surface area (Å²) in [4.78, 5) is 0. The van der Waals surface area contributed by atoms with E-state index in [1.54, 1.807) is 6.07 Å². The molecule has 0 aromatic heterocycles. The van der Waals surface area contributed by atoms with E-state index in [9.17, 15) is 0 Å². The average Bonchev–Trinajstić information content (AvgIpc) is 2.70. The zero-order chi connectivity index (χ0) is 21.1. The van der Waals surface area contributed by atoms with Crippen molar-refractivity contribution in [3.05, 3.63) is 56.0 Å². The molecule has 1 N–H and O–H groups in total. The van der Waals surface area contributed by atoms with Crippen LogP contribution in [0.25, 0.3) is 0 Å².